The van der Waals surface area contributed by atoms with Crippen LogP contribution in [0.2, 0.25) is 0 Å². The first-order chi connectivity index (χ1) is 7.78. The summed E-state index contributed by atoms with van der Waals surface area (Å²) in [6.45, 7) is 5.35. The molecule has 0 fully saturated rings. The minimum atomic E-state index is -0.925. The summed E-state index contributed by atoms with van der Waals surface area (Å²) < 4.78 is 5.20. The minimum absolute atomic E-state index is 0.101. The lowest BCUT2D eigenvalue weighted by atomic mass is 10.1. The molecule has 0 atom stereocenters. The van der Waals surface area contributed by atoms with Crippen LogP contribution in [0.15, 0.2) is 24.3 Å². The molecular weight excluding hydrogens is 220 g/mol. The Morgan fingerprint density at radius 1 is 1.29 bits per heavy atom. The zero-order valence-electron chi connectivity index (χ0n) is 10.2. The van der Waals surface area contributed by atoms with E-state index in [9.17, 15) is 9.59 Å². The molecule has 1 rings (SSSR count). The third kappa shape index (κ3) is 4.68. The van der Waals surface area contributed by atoms with E-state index in [4.69, 9.17) is 9.84 Å². The van der Waals surface area contributed by atoms with Crippen LogP contribution in [0.5, 0.6) is 0 Å². The summed E-state index contributed by atoms with van der Waals surface area (Å²) in [6, 6.07) is 6.47. The normalized spacial score (nSPS) is 11.0. The lowest BCUT2D eigenvalue weighted by Crippen LogP contribution is -2.24. The van der Waals surface area contributed by atoms with Crippen LogP contribution in [0.1, 0.15) is 36.7 Å². The summed E-state index contributed by atoms with van der Waals surface area (Å²) >= 11 is 0. The molecule has 0 saturated heterocycles. The van der Waals surface area contributed by atoms with Crippen LogP contribution in [0.4, 0.5) is 0 Å². The van der Waals surface area contributed by atoms with Gasteiger partial charge in [-0.05, 0) is 38.5 Å². The molecule has 1 N–H and O–H groups in total. The third-order valence-corrected chi connectivity index (χ3v) is 1.92. The number of carbonyl (C=O) groups is 2. The SMILES string of the molecule is CC(C)(C)OC(=O)c1cccc(CC(=O)O)c1. The van der Waals surface area contributed by atoms with Crippen LogP contribution in [-0.2, 0) is 16.0 Å². The molecular formula is C13H16O4. The molecule has 1 aromatic rings. The number of carbonyl (C=O) groups excluding carboxylic acids is 1. The van der Waals surface area contributed by atoms with Crippen molar-refractivity contribution in [2.75, 3.05) is 0 Å². The minimum Gasteiger partial charge on any atom is -0.481 e. The Hall–Kier alpha value is -1.84. The van der Waals surface area contributed by atoms with Gasteiger partial charge in [0.15, 0.2) is 0 Å². The molecule has 4 heteroatoms. The van der Waals surface area contributed by atoms with Crippen LogP contribution in [0.3, 0.4) is 0 Å². The van der Waals surface area contributed by atoms with Gasteiger partial charge in [0, 0.05) is 0 Å². The summed E-state index contributed by atoms with van der Waals surface area (Å²) in [6.07, 6.45) is -0.101. The van der Waals surface area contributed by atoms with Crippen LogP contribution < -0.4 is 0 Å². The monoisotopic (exact) mass is 236 g/mol. The molecule has 0 spiro atoms. The van der Waals surface area contributed by atoms with Crippen molar-refractivity contribution in [2.45, 2.75) is 32.8 Å². The fraction of sp³-hybridized carbons (Fsp3) is 0.385. The summed E-state index contributed by atoms with van der Waals surface area (Å²) in [7, 11) is 0. The standard InChI is InChI=1S/C13H16O4/c1-13(2,3)17-12(16)10-6-4-5-9(7-10)8-11(14)15/h4-7H,8H2,1-3H3,(H,14,15). The smallest absolute Gasteiger partial charge is 0.338 e. The van der Waals surface area contributed by atoms with E-state index in [1.807, 2.05) is 0 Å². The Kier molecular flexibility index (Phi) is 3.89. The Balaban J connectivity index is 2.84. The predicted octanol–water partition coefficient (Wildman–Crippen LogP) is 2.27. The Morgan fingerprint density at radius 2 is 1.94 bits per heavy atom. The van der Waals surface area contributed by atoms with Crippen molar-refractivity contribution >= 4 is 11.9 Å². The summed E-state index contributed by atoms with van der Waals surface area (Å²) in [5, 5.41) is 8.67. The molecule has 0 aliphatic rings. The molecule has 0 heterocycles. The van der Waals surface area contributed by atoms with Crippen molar-refractivity contribution in [1.82, 2.24) is 0 Å². The van der Waals surface area contributed by atoms with Crippen molar-refractivity contribution in [3.8, 4) is 0 Å². The molecule has 0 unspecified atom stereocenters. The Bertz CT molecular complexity index is 429. The lowest BCUT2D eigenvalue weighted by molar-refractivity contribution is -0.136. The van der Waals surface area contributed by atoms with Crippen LogP contribution in [-0.4, -0.2) is 22.6 Å². The van der Waals surface area contributed by atoms with Gasteiger partial charge in [0.05, 0.1) is 12.0 Å². The summed E-state index contributed by atoms with van der Waals surface area (Å²) in [4.78, 5) is 22.3. The molecule has 0 aliphatic carbocycles. The van der Waals surface area contributed by atoms with Gasteiger partial charge < -0.3 is 9.84 Å². The number of rotatable bonds is 3. The highest BCUT2D eigenvalue weighted by Crippen LogP contribution is 2.13. The Morgan fingerprint density at radius 3 is 2.47 bits per heavy atom. The highest BCUT2D eigenvalue weighted by Gasteiger charge is 2.18. The number of benzene rings is 1. The van der Waals surface area contributed by atoms with Gasteiger partial charge in [-0.2, -0.15) is 0 Å². The second kappa shape index (κ2) is 4.99. The number of hydrogen-bond acceptors (Lipinski definition) is 3. The topological polar surface area (TPSA) is 63.6 Å². The van der Waals surface area contributed by atoms with Gasteiger partial charge in [0.1, 0.15) is 5.60 Å². The third-order valence-electron chi connectivity index (χ3n) is 1.92. The van der Waals surface area contributed by atoms with E-state index in [0.717, 1.165) is 0 Å². The van der Waals surface area contributed by atoms with E-state index in [0.29, 0.717) is 11.1 Å². The molecule has 4 nitrogen and oxygen atoms in total. The van der Waals surface area contributed by atoms with E-state index in [-0.39, 0.29) is 6.42 Å². The zero-order valence-corrected chi connectivity index (χ0v) is 10.2. The molecule has 0 saturated carbocycles. The van der Waals surface area contributed by atoms with Crippen LogP contribution in [0, 0.1) is 0 Å². The molecule has 17 heavy (non-hydrogen) atoms. The first-order valence-corrected chi connectivity index (χ1v) is 5.32. The first kappa shape index (κ1) is 13.2. The van der Waals surface area contributed by atoms with Crippen LogP contribution >= 0.6 is 0 Å². The largest absolute Gasteiger partial charge is 0.481 e. The van der Waals surface area contributed by atoms with Crippen molar-refractivity contribution in [3.63, 3.8) is 0 Å². The average Bonchev–Trinajstić information content (AvgIpc) is 2.14. The van der Waals surface area contributed by atoms with E-state index >= 15 is 0 Å². The van der Waals surface area contributed by atoms with Crippen molar-refractivity contribution in [2.24, 2.45) is 0 Å². The summed E-state index contributed by atoms with van der Waals surface area (Å²) in [5.74, 6) is -1.36. The van der Waals surface area contributed by atoms with Crippen molar-refractivity contribution < 1.29 is 19.4 Å². The maximum atomic E-state index is 11.7. The zero-order chi connectivity index (χ0) is 13.1. The number of hydrogen-bond donors (Lipinski definition) is 1. The molecule has 0 aliphatic heterocycles. The Labute approximate surface area is 100 Å². The number of carboxylic acids is 1. The highest BCUT2D eigenvalue weighted by atomic mass is 16.6. The fourth-order valence-corrected chi connectivity index (χ4v) is 1.32. The van der Waals surface area contributed by atoms with Gasteiger partial charge in [-0.15, -0.1) is 0 Å². The summed E-state index contributed by atoms with van der Waals surface area (Å²) in [5.41, 5.74) is 0.402. The van der Waals surface area contributed by atoms with Gasteiger partial charge in [-0.3, -0.25) is 4.79 Å². The maximum Gasteiger partial charge on any atom is 0.338 e. The number of ether oxygens (including phenoxy) is 1. The molecule has 92 valence electrons. The van der Waals surface area contributed by atoms with E-state index in [1.54, 1.807) is 45.0 Å². The van der Waals surface area contributed by atoms with Gasteiger partial charge in [-0.25, -0.2) is 4.79 Å². The van der Waals surface area contributed by atoms with Gasteiger partial charge in [0.25, 0.3) is 0 Å². The van der Waals surface area contributed by atoms with Gasteiger partial charge in [0.2, 0.25) is 0 Å². The number of esters is 1. The van der Waals surface area contributed by atoms with Crippen LogP contribution in [0.25, 0.3) is 0 Å². The maximum absolute atomic E-state index is 11.7. The van der Waals surface area contributed by atoms with E-state index in [1.165, 1.54) is 0 Å². The second-order valence-corrected chi connectivity index (χ2v) is 4.77. The molecule has 0 aromatic heterocycles. The highest BCUT2D eigenvalue weighted by molar-refractivity contribution is 5.90. The number of carboxylic acid groups (broad SMARTS) is 1. The first-order valence-electron chi connectivity index (χ1n) is 5.32. The molecule has 1 aromatic carbocycles. The number of aliphatic carboxylic acids is 1. The predicted molar refractivity (Wildman–Crippen MR) is 63.0 cm³/mol. The average molecular weight is 236 g/mol. The second-order valence-electron chi connectivity index (χ2n) is 4.77. The van der Waals surface area contributed by atoms with Crippen molar-refractivity contribution in [3.05, 3.63) is 35.4 Å². The van der Waals surface area contributed by atoms with E-state index in [2.05, 4.69) is 0 Å². The van der Waals surface area contributed by atoms with Gasteiger partial charge >= 0.3 is 11.9 Å². The van der Waals surface area contributed by atoms with Gasteiger partial charge in [-0.1, -0.05) is 12.1 Å². The quantitative estimate of drug-likeness (QED) is 0.818. The van der Waals surface area contributed by atoms with Crippen molar-refractivity contribution in [1.29, 1.82) is 0 Å². The molecule has 0 amide bonds. The van der Waals surface area contributed by atoms with E-state index < -0.39 is 17.5 Å². The lowest BCUT2D eigenvalue weighted by Gasteiger charge is -2.19. The fourth-order valence-electron chi connectivity index (χ4n) is 1.32. The molecule has 0 bridgehead atoms. The molecule has 0 radical (unpaired) electrons.